The van der Waals surface area contributed by atoms with Gasteiger partial charge in [-0.3, -0.25) is 0 Å². The molecule has 0 bridgehead atoms. The van der Waals surface area contributed by atoms with E-state index in [1.165, 1.54) is 6.07 Å². The molecule has 0 saturated carbocycles. The monoisotopic (exact) mass is 373 g/mol. The summed E-state index contributed by atoms with van der Waals surface area (Å²) >= 11 is 0. The minimum atomic E-state index is -0.572. The number of halogens is 2. The van der Waals surface area contributed by atoms with Crippen molar-refractivity contribution in [2.75, 3.05) is 13.1 Å². The molecule has 0 atom stereocenters. The van der Waals surface area contributed by atoms with Crippen molar-refractivity contribution in [1.82, 2.24) is 14.9 Å². The third kappa shape index (κ3) is 4.67. The molecule has 1 aromatic heterocycles. The van der Waals surface area contributed by atoms with Gasteiger partial charge in [0.1, 0.15) is 11.4 Å². The van der Waals surface area contributed by atoms with Gasteiger partial charge >= 0.3 is 6.09 Å². The summed E-state index contributed by atoms with van der Waals surface area (Å²) in [7, 11) is 0. The van der Waals surface area contributed by atoms with Crippen LogP contribution >= 0.6 is 0 Å². The summed E-state index contributed by atoms with van der Waals surface area (Å²) in [6.45, 7) is 6.39. The second-order valence-corrected chi connectivity index (χ2v) is 7.33. The van der Waals surface area contributed by atoms with E-state index >= 15 is 0 Å². The summed E-state index contributed by atoms with van der Waals surface area (Å²) in [4.78, 5) is 21.3. The summed E-state index contributed by atoms with van der Waals surface area (Å²) in [5.74, 6) is -0.915. The van der Waals surface area contributed by atoms with E-state index in [1.54, 1.807) is 17.0 Å². The van der Waals surface area contributed by atoms with Gasteiger partial charge < -0.3 is 9.64 Å². The van der Waals surface area contributed by atoms with E-state index in [1.807, 2.05) is 26.8 Å². The molecule has 0 saturated heterocycles. The largest absolute Gasteiger partial charge is 0.444 e. The number of hydrogen-bond acceptors (Lipinski definition) is 4. The summed E-state index contributed by atoms with van der Waals surface area (Å²) in [5, 5.41) is 0. The molecule has 5 nitrogen and oxygen atoms in total. The van der Waals surface area contributed by atoms with Crippen LogP contribution in [0.25, 0.3) is 17.0 Å². The topological polar surface area (TPSA) is 55.3 Å². The molecular weight excluding hydrogens is 352 g/mol. The van der Waals surface area contributed by atoms with Gasteiger partial charge in [0.25, 0.3) is 0 Å². The SMILES string of the molecule is CC(C)(C)OC(=O)N1CC=C(c2ccc(-c3ncc(F)cn3)c(F)c2)CC1. The molecule has 0 radical (unpaired) electrons. The molecule has 0 fully saturated rings. The summed E-state index contributed by atoms with van der Waals surface area (Å²) < 4.78 is 32.8. The number of aromatic nitrogens is 2. The first-order valence-electron chi connectivity index (χ1n) is 8.68. The van der Waals surface area contributed by atoms with Crippen molar-refractivity contribution in [1.29, 1.82) is 0 Å². The van der Waals surface area contributed by atoms with Gasteiger partial charge in [-0.05, 0) is 50.5 Å². The lowest BCUT2D eigenvalue weighted by molar-refractivity contribution is 0.0270. The molecule has 3 rings (SSSR count). The van der Waals surface area contributed by atoms with Gasteiger partial charge in [-0.2, -0.15) is 0 Å². The normalized spacial score (nSPS) is 14.7. The highest BCUT2D eigenvalue weighted by atomic mass is 19.1. The standard InChI is InChI=1S/C20H21F2N3O2/c1-20(2,3)27-19(26)25-8-6-13(7-9-25)14-4-5-16(17(22)10-14)18-23-11-15(21)12-24-18/h4-6,10-12H,7-9H2,1-3H3. The first kappa shape index (κ1) is 18.9. The molecule has 1 aliphatic rings. The van der Waals surface area contributed by atoms with Crippen LogP contribution in [-0.2, 0) is 4.74 Å². The van der Waals surface area contributed by atoms with Crippen molar-refractivity contribution < 1.29 is 18.3 Å². The van der Waals surface area contributed by atoms with Gasteiger partial charge in [0.05, 0.1) is 18.0 Å². The Bertz CT molecular complexity index is 874. The van der Waals surface area contributed by atoms with E-state index in [9.17, 15) is 13.6 Å². The molecule has 142 valence electrons. The third-order valence-corrected chi connectivity index (χ3v) is 4.06. The zero-order valence-electron chi connectivity index (χ0n) is 15.5. The van der Waals surface area contributed by atoms with E-state index in [4.69, 9.17) is 4.74 Å². The smallest absolute Gasteiger partial charge is 0.410 e. The maximum absolute atomic E-state index is 14.5. The lowest BCUT2D eigenvalue weighted by Crippen LogP contribution is -2.39. The number of carbonyl (C=O) groups excluding carboxylic acids is 1. The summed E-state index contributed by atoms with van der Waals surface area (Å²) in [6, 6.07) is 4.77. The molecule has 0 N–H and O–H groups in total. The van der Waals surface area contributed by atoms with Crippen LogP contribution in [-0.4, -0.2) is 39.7 Å². The first-order chi connectivity index (χ1) is 12.7. The minimum absolute atomic E-state index is 0.133. The van der Waals surface area contributed by atoms with Gasteiger partial charge in [-0.1, -0.05) is 12.1 Å². The maximum Gasteiger partial charge on any atom is 0.410 e. The number of ether oxygens (including phenoxy) is 1. The number of nitrogens with zero attached hydrogens (tertiary/aromatic N) is 3. The van der Waals surface area contributed by atoms with Crippen LogP contribution in [0.15, 0.2) is 36.7 Å². The Morgan fingerprint density at radius 2 is 1.89 bits per heavy atom. The van der Waals surface area contributed by atoms with Gasteiger partial charge in [0, 0.05) is 13.1 Å². The average Bonchev–Trinajstić information content (AvgIpc) is 2.61. The van der Waals surface area contributed by atoms with Crippen molar-refractivity contribution in [3.63, 3.8) is 0 Å². The van der Waals surface area contributed by atoms with Gasteiger partial charge in [-0.25, -0.2) is 23.5 Å². The Hall–Kier alpha value is -2.83. The fraction of sp³-hybridized carbons (Fsp3) is 0.350. The van der Waals surface area contributed by atoms with Crippen LogP contribution in [0.1, 0.15) is 32.8 Å². The quantitative estimate of drug-likeness (QED) is 0.781. The first-order valence-corrected chi connectivity index (χ1v) is 8.68. The zero-order valence-corrected chi connectivity index (χ0v) is 15.5. The highest BCUT2D eigenvalue weighted by Crippen LogP contribution is 2.27. The van der Waals surface area contributed by atoms with Crippen molar-refractivity contribution in [3.8, 4) is 11.4 Å². The Labute approximate surface area is 156 Å². The second kappa shape index (κ2) is 7.42. The molecule has 1 aromatic carbocycles. The van der Waals surface area contributed by atoms with Crippen molar-refractivity contribution in [3.05, 3.63) is 53.9 Å². The van der Waals surface area contributed by atoms with Crippen LogP contribution in [0.5, 0.6) is 0 Å². The molecule has 0 aliphatic carbocycles. The van der Waals surface area contributed by atoms with Crippen LogP contribution in [0.2, 0.25) is 0 Å². The predicted molar refractivity (Wildman–Crippen MR) is 97.8 cm³/mol. The highest BCUT2D eigenvalue weighted by molar-refractivity contribution is 5.73. The zero-order chi connectivity index (χ0) is 19.6. The third-order valence-electron chi connectivity index (χ3n) is 4.06. The lowest BCUT2D eigenvalue weighted by atomic mass is 9.98. The Kier molecular flexibility index (Phi) is 5.21. The molecule has 0 unspecified atom stereocenters. The van der Waals surface area contributed by atoms with Crippen LogP contribution in [0.4, 0.5) is 13.6 Å². The minimum Gasteiger partial charge on any atom is -0.444 e. The van der Waals surface area contributed by atoms with Crippen LogP contribution in [0, 0.1) is 11.6 Å². The Morgan fingerprint density at radius 1 is 1.19 bits per heavy atom. The number of benzene rings is 1. The van der Waals surface area contributed by atoms with E-state index in [-0.39, 0.29) is 17.5 Å². The molecule has 27 heavy (non-hydrogen) atoms. The van der Waals surface area contributed by atoms with Gasteiger partial charge in [0.15, 0.2) is 11.6 Å². The van der Waals surface area contributed by atoms with E-state index < -0.39 is 17.2 Å². The summed E-state index contributed by atoms with van der Waals surface area (Å²) in [5.41, 5.74) is 1.37. The van der Waals surface area contributed by atoms with E-state index in [2.05, 4.69) is 9.97 Å². The molecule has 1 aliphatic heterocycles. The molecule has 2 heterocycles. The number of hydrogen-bond donors (Lipinski definition) is 0. The lowest BCUT2D eigenvalue weighted by Gasteiger charge is -2.29. The molecule has 0 spiro atoms. The predicted octanol–water partition coefficient (Wildman–Crippen LogP) is 4.45. The van der Waals surface area contributed by atoms with E-state index in [0.717, 1.165) is 23.5 Å². The Balaban J connectivity index is 1.73. The highest BCUT2D eigenvalue weighted by Gasteiger charge is 2.24. The van der Waals surface area contributed by atoms with Gasteiger partial charge in [0.2, 0.25) is 0 Å². The number of amides is 1. The molecule has 2 aromatic rings. The van der Waals surface area contributed by atoms with E-state index in [0.29, 0.717) is 19.5 Å². The number of carbonyl (C=O) groups is 1. The number of rotatable bonds is 2. The fourth-order valence-corrected chi connectivity index (χ4v) is 2.77. The van der Waals surface area contributed by atoms with Crippen molar-refractivity contribution in [2.24, 2.45) is 0 Å². The average molecular weight is 373 g/mol. The molecule has 7 heteroatoms. The van der Waals surface area contributed by atoms with Crippen molar-refractivity contribution in [2.45, 2.75) is 32.8 Å². The molecule has 1 amide bonds. The van der Waals surface area contributed by atoms with Crippen LogP contribution in [0.3, 0.4) is 0 Å². The van der Waals surface area contributed by atoms with Crippen molar-refractivity contribution >= 4 is 11.7 Å². The summed E-state index contributed by atoms with van der Waals surface area (Å²) in [6.07, 6.45) is 4.16. The Morgan fingerprint density at radius 3 is 2.44 bits per heavy atom. The fourth-order valence-electron chi connectivity index (χ4n) is 2.77. The van der Waals surface area contributed by atoms with Gasteiger partial charge in [-0.15, -0.1) is 0 Å². The molecular formula is C20H21F2N3O2. The van der Waals surface area contributed by atoms with Crippen LogP contribution < -0.4 is 0 Å². The maximum atomic E-state index is 14.5. The second-order valence-electron chi connectivity index (χ2n) is 7.33.